The molecule has 2 unspecified atom stereocenters. The Balaban J connectivity index is 2.12. The van der Waals surface area contributed by atoms with E-state index in [1.807, 2.05) is 0 Å². The monoisotopic (exact) mass is 285 g/mol. The standard InChI is InChI=1S/C11H12ClN3O4/c12-7-4-9(15(18)19)10(13-5-7)14-8-2-1-6(3-8)11(16)17/h4-6,8H,1-3H2,(H,13,14)(H,16,17). The number of nitro groups is 1. The molecule has 1 fully saturated rings. The lowest BCUT2D eigenvalue weighted by molar-refractivity contribution is -0.384. The van der Waals surface area contributed by atoms with Crippen molar-refractivity contribution in [3.63, 3.8) is 0 Å². The summed E-state index contributed by atoms with van der Waals surface area (Å²) in [6, 6.07) is 1.11. The van der Waals surface area contributed by atoms with Gasteiger partial charge in [-0.15, -0.1) is 0 Å². The molecule has 0 radical (unpaired) electrons. The number of nitrogens with zero attached hydrogens (tertiary/aromatic N) is 2. The molecule has 2 rings (SSSR count). The second-order valence-corrected chi connectivity index (χ2v) is 4.90. The molecule has 0 amide bonds. The molecule has 0 spiro atoms. The highest BCUT2D eigenvalue weighted by molar-refractivity contribution is 6.30. The number of anilines is 1. The number of halogens is 1. The van der Waals surface area contributed by atoms with Crippen LogP contribution in [0.15, 0.2) is 12.3 Å². The van der Waals surface area contributed by atoms with Crippen LogP contribution >= 0.6 is 11.6 Å². The first-order valence-corrected chi connectivity index (χ1v) is 6.14. The van der Waals surface area contributed by atoms with Crippen molar-refractivity contribution >= 4 is 29.1 Å². The smallest absolute Gasteiger partial charge is 0.312 e. The summed E-state index contributed by atoms with van der Waals surface area (Å²) in [6.45, 7) is 0. The van der Waals surface area contributed by atoms with Crippen LogP contribution in [0.5, 0.6) is 0 Å². The molecule has 1 aromatic heterocycles. The van der Waals surface area contributed by atoms with Gasteiger partial charge in [0.2, 0.25) is 5.82 Å². The topological polar surface area (TPSA) is 105 Å². The maximum Gasteiger partial charge on any atom is 0.312 e. The number of carboxylic acids is 1. The van der Waals surface area contributed by atoms with Crippen LogP contribution in [0.1, 0.15) is 19.3 Å². The molecule has 8 heteroatoms. The Morgan fingerprint density at radius 3 is 2.89 bits per heavy atom. The van der Waals surface area contributed by atoms with Crippen LogP contribution in [0.25, 0.3) is 0 Å². The number of rotatable bonds is 4. The molecule has 2 N–H and O–H groups in total. The van der Waals surface area contributed by atoms with Gasteiger partial charge in [0.1, 0.15) is 0 Å². The number of aliphatic carboxylic acids is 1. The van der Waals surface area contributed by atoms with Crippen molar-refractivity contribution < 1.29 is 14.8 Å². The van der Waals surface area contributed by atoms with E-state index in [1.54, 1.807) is 0 Å². The Labute approximate surface area is 113 Å². The number of aromatic nitrogens is 1. The zero-order valence-electron chi connectivity index (χ0n) is 9.88. The van der Waals surface area contributed by atoms with Crippen LogP contribution in [0.3, 0.4) is 0 Å². The highest BCUT2D eigenvalue weighted by atomic mass is 35.5. The fraction of sp³-hybridized carbons (Fsp3) is 0.455. The first-order valence-electron chi connectivity index (χ1n) is 5.76. The fourth-order valence-electron chi connectivity index (χ4n) is 2.21. The van der Waals surface area contributed by atoms with Crippen molar-refractivity contribution in [3.05, 3.63) is 27.4 Å². The zero-order chi connectivity index (χ0) is 14.0. The van der Waals surface area contributed by atoms with Crippen molar-refractivity contribution in [1.29, 1.82) is 0 Å². The third-order valence-corrected chi connectivity index (χ3v) is 3.36. The third-order valence-electron chi connectivity index (χ3n) is 3.15. The summed E-state index contributed by atoms with van der Waals surface area (Å²) < 4.78 is 0. The van der Waals surface area contributed by atoms with E-state index in [1.165, 1.54) is 12.3 Å². The van der Waals surface area contributed by atoms with E-state index in [-0.39, 0.29) is 22.6 Å². The molecule has 1 aliphatic rings. The number of hydrogen-bond acceptors (Lipinski definition) is 5. The Bertz CT molecular complexity index is 523. The summed E-state index contributed by atoms with van der Waals surface area (Å²) >= 11 is 5.67. The molecule has 1 saturated carbocycles. The number of carboxylic acid groups (broad SMARTS) is 1. The van der Waals surface area contributed by atoms with Gasteiger partial charge in [-0.3, -0.25) is 14.9 Å². The molecular formula is C11H12ClN3O4. The average molecular weight is 286 g/mol. The Kier molecular flexibility index (Phi) is 3.84. The lowest BCUT2D eigenvalue weighted by atomic mass is 10.1. The second-order valence-electron chi connectivity index (χ2n) is 4.47. The van der Waals surface area contributed by atoms with E-state index in [0.717, 1.165) is 0 Å². The fourth-order valence-corrected chi connectivity index (χ4v) is 2.36. The van der Waals surface area contributed by atoms with E-state index in [9.17, 15) is 14.9 Å². The van der Waals surface area contributed by atoms with Crippen LogP contribution in [0, 0.1) is 16.0 Å². The highest BCUT2D eigenvalue weighted by Crippen LogP contribution is 2.31. The molecule has 0 aliphatic heterocycles. The largest absolute Gasteiger partial charge is 0.481 e. The summed E-state index contributed by atoms with van der Waals surface area (Å²) in [5.74, 6) is -1.10. The van der Waals surface area contributed by atoms with E-state index in [4.69, 9.17) is 16.7 Å². The van der Waals surface area contributed by atoms with E-state index in [2.05, 4.69) is 10.3 Å². The van der Waals surface area contributed by atoms with Gasteiger partial charge in [0.25, 0.3) is 0 Å². The molecule has 0 bridgehead atoms. The van der Waals surface area contributed by atoms with Crippen molar-refractivity contribution in [2.24, 2.45) is 5.92 Å². The second kappa shape index (κ2) is 5.40. The molecule has 0 saturated heterocycles. The van der Waals surface area contributed by atoms with Gasteiger partial charge in [-0.1, -0.05) is 11.6 Å². The van der Waals surface area contributed by atoms with Crippen molar-refractivity contribution in [3.8, 4) is 0 Å². The summed E-state index contributed by atoms with van der Waals surface area (Å²) in [5, 5.41) is 22.9. The van der Waals surface area contributed by atoms with Gasteiger partial charge in [-0.25, -0.2) is 4.98 Å². The molecular weight excluding hydrogens is 274 g/mol. The molecule has 2 atom stereocenters. The minimum atomic E-state index is -0.831. The molecule has 7 nitrogen and oxygen atoms in total. The Morgan fingerprint density at radius 1 is 1.58 bits per heavy atom. The number of carbonyl (C=O) groups is 1. The zero-order valence-corrected chi connectivity index (χ0v) is 10.6. The lowest BCUT2D eigenvalue weighted by Crippen LogP contribution is -2.19. The Hall–Kier alpha value is -1.89. The highest BCUT2D eigenvalue weighted by Gasteiger charge is 2.31. The van der Waals surface area contributed by atoms with Gasteiger partial charge >= 0.3 is 11.7 Å². The van der Waals surface area contributed by atoms with E-state index < -0.39 is 16.8 Å². The van der Waals surface area contributed by atoms with Gasteiger partial charge in [-0.2, -0.15) is 0 Å². The maximum absolute atomic E-state index is 10.9. The molecule has 19 heavy (non-hydrogen) atoms. The number of nitrogens with one attached hydrogen (secondary N) is 1. The summed E-state index contributed by atoms with van der Waals surface area (Å²) in [4.78, 5) is 25.1. The van der Waals surface area contributed by atoms with Crippen molar-refractivity contribution in [2.75, 3.05) is 5.32 Å². The van der Waals surface area contributed by atoms with Crippen LogP contribution in [-0.4, -0.2) is 27.0 Å². The predicted molar refractivity (Wildman–Crippen MR) is 68.3 cm³/mol. The molecule has 102 valence electrons. The van der Waals surface area contributed by atoms with E-state index >= 15 is 0 Å². The first kappa shape index (κ1) is 13.5. The van der Waals surface area contributed by atoms with Gasteiger partial charge in [0.15, 0.2) is 0 Å². The molecule has 1 aromatic rings. The van der Waals surface area contributed by atoms with Gasteiger partial charge < -0.3 is 10.4 Å². The number of hydrogen-bond donors (Lipinski definition) is 2. The average Bonchev–Trinajstić information content (AvgIpc) is 2.80. The van der Waals surface area contributed by atoms with Crippen LogP contribution < -0.4 is 5.32 Å². The quantitative estimate of drug-likeness (QED) is 0.649. The van der Waals surface area contributed by atoms with Crippen LogP contribution in [0.4, 0.5) is 11.5 Å². The summed E-state index contributed by atoms with van der Waals surface area (Å²) in [7, 11) is 0. The van der Waals surface area contributed by atoms with Gasteiger partial charge in [0, 0.05) is 18.3 Å². The molecule has 0 aromatic carbocycles. The SMILES string of the molecule is O=C(O)C1CCC(Nc2ncc(Cl)cc2[N+](=O)[O-])C1. The summed E-state index contributed by atoms with van der Waals surface area (Å²) in [5.41, 5.74) is -0.203. The third kappa shape index (κ3) is 3.11. The minimum absolute atomic E-state index is 0.117. The first-order chi connectivity index (χ1) is 8.97. The normalized spacial score (nSPS) is 22.2. The summed E-state index contributed by atoms with van der Waals surface area (Å²) in [6.07, 6.45) is 2.98. The van der Waals surface area contributed by atoms with Crippen LogP contribution in [0.2, 0.25) is 5.02 Å². The van der Waals surface area contributed by atoms with Gasteiger partial charge in [0.05, 0.1) is 15.9 Å². The maximum atomic E-state index is 10.9. The number of pyridine rings is 1. The predicted octanol–water partition coefficient (Wildman–Crippen LogP) is 2.31. The Morgan fingerprint density at radius 2 is 2.32 bits per heavy atom. The van der Waals surface area contributed by atoms with E-state index in [0.29, 0.717) is 19.3 Å². The van der Waals surface area contributed by atoms with Crippen LogP contribution in [-0.2, 0) is 4.79 Å². The molecule has 1 heterocycles. The van der Waals surface area contributed by atoms with Gasteiger partial charge in [-0.05, 0) is 19.3 Å². The minimum Gasteiger partial charge on any atom is -0.481 e. The molecule has 1 aliphatic carbocycles. The van der Waals surface area contributed by atoms with Crippen molar-refractivity contribution in [1.82, 2.24) is 4.98 Å². The van der Waals surface area contributed by atoms with Crippen molar-refractivity contribution in [2.45, 2.75) is 25.3 Å². The lowest BCUT2D eigenvalue weighted by Gasteiger charge is -2.13.